The van der Waals surface area contributed by atoms with Gasteiger partial charge in [-0.25, -0.2) is 0 Å². The Morgan fingerprint density at radius 2 is 2.00 bits per heavy atom. The predicted molar refractivity (Wildman–Crippen MR) is 33.9 cm³/mol. The van der Waals surface area contributed by atoms with Crippen molar-refractivity contribution in [3.05, 3.63) is 0 Å². The van der Waals surface area contributed by atoms with Gasteiger partial charge in [-0.05, 0) is 6.42 Å². The molecule has 0 aliphatic rings. The lowest BCUT2D eigenvalue weighted by Gasteiger charge is -1.89. The first-order valence-corrected chi connectivity index (χ1v) is 3.61. The minimum Gasteiger partial charge on any atom is -0.105 e. The van der Waals surface area contributed by atoms with Gasteiger partial charge in [0, 0.05) is 5.33 Å². The van der Waals surface area contributed by atoms with Crippen molar-refractivity contribution in [2.45, 2.75) is 11.3 Å². The second kappa shape index (κ2) is 4.23. The Labute approximate surface area is 55.9 Å². The van der Waals surface area contributed by atoms with Crippen molar-refractivity contribution in [3.8, 4) is 0 Å². The highest BCUT2D eigenvalue weighted by Crippen LogP contribution is 2.07. The highest BCUT2D eigenvalue weighted by Gasteiger charge is 1.92. The Bertz CT molecular complexity index is 30.0. The van der Waals surface area contributed by atoms with Gasteiger partial charge in [-0.15, -0.1) is 23.2 Å². The lowest BCUT2D eigenvalue weighted by molar-refractivity contribution is 1.06. The van der Waals surface area contributed by atoms with E-state index in [2.05, 4.69) is 15.9 Å². The molecule has 0 aromatic rings. The van der Waals surface area contributed by atoms with Crippen molar-refractivity contribution >= 4 is 39.1 Å². The van der Waals surface area contributed by atoms with E-state index in [4.69, 9.17) is 23.2 Å². The summed E-state index contributed by atoms with van der Waals surface area (Å²) in [4.78, 5) is -0.204. The van der Waals surface area contributed by atoms with E-state index >= 15 is 0 Å². The van der Waals surface area contributed by atoms with Gasteiger partial charge in [-0.1, -0.05) is 15.9 Å². The summed E-state index contributed by atoms with van der Waals surface area (Å²) in [5, 5.41) is 0.880. The van der Waals surface area contributed by atoms with Crippen LogP contribution in [0.1, 0.15) is 6.42 Å². The van der Waals surface area contributed by atoms with E-state index in [1.807, 2.05) is 0 Å². The maximum absolute atomic E-state index is 5.31. The van der Waals surface area contributed by atoms with Gasteiger partial charge in [0.2, 0.25) is 0 Å². The molecule has 0 bridgehead atoms. The predicted octanol–water partition coefficient (Wildman–Crippen LogP) is 2.58. The summed E-state index contributed by atoms with van der Waals surface area (Å²) >= 11 is 13.8. The smallest absolute Gasteiger partial charge is 0.105 e. The van der Waals surface area contributed by atoms with Gasteiger partial charge in [-0.2, -0.15) is 0 Å². The summed E-state index contributed by atoms with van der Waals surface area (Å²) in [6.45, 7) is 0. The van der Waals surface area contributed by atoms with Crippen LogP contribution in [0.15, 0.2) is 0 Å². The third-order valence-corrected chi connectivity index (χ3v) is 1.22. The first-order chi connectivity index (χ1) is 2.77. The van der Waals surface area contributed by atoms with E-state index < -0.39 is 0 Å². The van der Waals surface area contributed by atoms with E-state index in [0.29, 0.717) is 0 Å². The van der Waals surface area contributed by atoms with Crippen molar-refractivity contribution in [2.75, 3.05) is 5.33 Å². The zero-order valence-corrected chi connectivity index (χ0v) is 6.22. The molecular weight excluding hydrogens is 187 g/mol. The quantitative estimate of drug-likeness (QED) is 0.589. The van der Waals surface area contributed by atoms with Gasteiger partial charge < -0.3 is 0 Å². The first kappa shape index (κ1) is 7.06. The van der Waals surface area contributed by atoms with Crippen molar-refractivity contribution in [2.24, 2.45) is 0 Å². The van der Waals surface area contributed by atoms with Crippen LogP contribution in [0, 0.1) is 0 Å². The Morgan fingerprint density at radius 1 is 1.50 bits per heavy atom. The fraction of sp³-hybridized carbons (Fsp3) is 1.00. The highest BCUT2D eigenvalue weighted by molar-refractivity contribution is 9.09. The van der Waals surface area contributed by atoms with E-state index in [9.17, 15) is 0 Å². The van der Waals surface area contributed by atoms with Gasteiger partial charge >= 0.3 is 0 Å². The average Bonchev–Trinajstić information content (AvgIpc) is 1.35. The number of hydrogen-bond acceptors (Lipinski definition) is 0. The van der Waals surface area contributed by atoms with Crippen LogP contribution in [-0.4, -0.2) is 10.2 Å². The number of hydrogen-bond donors (Lipinski definition) is 0. The van der Waals surface area contributed by atoms with Crippen LogP contribution in [0.4, 0.5) is 0 Å². The third kappa shape index (κ3) is 5.06. The van der Waals surface area contributed by atoms with E-state index in [1.54, 1.807) is 0 Å². The van der Waals surface area contributed by atoms with E-state index in [-0.39, 0.29) is 4.84 Å². The van der Waals surface area contributed by atoms with Crippen LogP contribution >= 0.6 is 39.1 Å². The maximum Gasteiger partial charge on any atom is 0.108 e. The zero-order valence-electron chi connectivity index (χ0n) is 3.13. The van der Waals surface area contributed by atoms with Crippen molar-refractivity contribution in [1.29, 1.82) is 0 Å². The molecule has 3 heteroatoms. The molecule has 0 spiro atoms. The molecule has 0 nitrogen and oxygen atoms in total. The number of rotatable bonds is 2. The molecular formula is C3H5BrCl2. The molecule has 0 aromatic carbocycles. The summed E-state index contributed by atoms with van der Waals surface area (Å²) in [6.07, 6.45) is 0.823. The number of alkyl halides is 3. The molecule has 0 aromatic heterocycles. The minimum absolute atomic E-state index is 0.204. The SMILES string of the molecule is ClC(Cl)CCBr. The summed E-state index contributed by atoms with van der Waals surface area (Å²) in [5.74, 6) is 0. The van der Waals surface area contributed by atoms with E-state index in [1.165, 1.54) is 0 Å². The van der Waals surface area contributed by atoms with Crippen LogP contribution in [-0.2, 0) is 0 Å². The van der Waals surface area contributed by atoms with Gasteiger partial charge in [0.15, 0.2) is 0 Å². The molecule has 0 N–H and O–H groups in total. The number of halogens is 3. The van der Waals surface area contributed by atoms with Crippen LogP contribution in [0.2, 0.25) is 0 Å². The zero-order chi connectivity index (χ0) is 4.99. The molecule has 0 atom stereocenters. The molecule has 0 radical (unpaired) electrons. The van der Waals surface area contributed by atoms with Crippen LogP contribution in [0.5, 0.6) is 0 Å². The lowest BCUT2D eigenvalue weighted by atomic mass is 10.6. The maximum atomic E-state index is 5.31. The molecule has 0 saturated heterocycles. The molecule has 0 aliphatic carbocycles. The lowest BCUT2D eigenvalue weighted by Crippen LogP contribution is -1.84. The molecule has 0 fully saturated rings. The normalized spacial score (nSPS) is 10.0. The van der Waals surface area contributed by atoms with Gasteiger partial charge in [0.1, 0.15) is 4.84 Å². The van der Waals surface area contributed by atoms with Crippen molar-refractivity contribution < 1.29 is 0 Å². The molecule has 0 amide bonds. The van der Waals surface area contributed by atoms with Gasteiger partial charge in [-0.3, -0.25) is 0 Å². The molecule has 0 heterocycles. The second-order valence-electron chi connectivity index (χ2n) is 0.869. The topological polar surface area (TPSA) is 0 Å². The summed E-state index contributed by atoms with van der Waals surface area (Å²) in [7, 11) is 0. The van der Waals surface area contributed by atoms with Crippen LogP contribution in [0.25, 0.3) is 0 Å². The Morgan fingerprint density at radius 3 is 2.00 bits per heavy atom. The summed E-state index contributed by atoms with van der Waals surface area (Å²) < 4.78 is 0. The molecule has 0 saturated carbocycles. The third-order valence-electron chi connectivity index (χ3n) is 0.327. The molecule has 0 aliphatic heterocycles. The monoisotopic (exact) mass is 190 g/mol. The standard InChI is InChI=1S/C3H5BrCl2/c4-2-1-3(5)6/h3H,1-2H2. The van der Waals surface area contributed by atoms with Crippen molar-refractivity contribution in [1.82, 2.24) is 0 Å². The molecule has 6 heavy (non-hydrogen) atoms. The highest BCUT2D eigenvalue weighted by atomic mass is 79.9. The Balaban J connectivity index is 2.63. The fourth-order valence-corrected chi connectivity index (χ4v) is 1.29. The molecule has 0 rings (SSSR count). The average molecular weight is 192 g/mol. The van der Waals surface area contributed by atoms with Gasteiger partial charge in [0.25, 0.3) is 0 Å². The molecule has 0 unspecified atom stereocenters. The largest absolute Gasteiger partial charge is 0.108 e. The van der Waals surface area contributed by atoms with Crippen molar-refractivity contribution in [3.63, 3.8) is 0 Å². The summed E-state index contributed by atoms with van der Waals surface area (Å²) in [6, 6.07) is 0. The van der Waals surface area contributed by atoms with E-state index in [0.717, 1.165) is 11.8 Å². The Hall–Kier alpha value is 1.06. The summed E-state index contributed by atoms with van der Waals surface area (Å²) in [5.41, 5.74) is 0. The first-order valence-electron chi connectivity index (χ1n) is 1.61. The van der Waals surface area contributed by atoms with Crippen LogP contribution in [0.3, 0.4) is 0 Å². The minimum atomic E-state index is -0.204. The van der Waals surface area contributed by atoms with Gasteiger partial charge in [0.05, 0.1) is 0 Å². The molecule has 38 valence electrons. The second-order valence-corrected chi connectivity index (χ2v) is 2.94. The Kier molecular flexibility index (Phi) is 4.97. The fourth-order valence-electron chi connectivity index (χ4n) is 0.0825. The van der Waals surface area contributed by atoms with Crippen LogP contribution < -0.4 is 0 Å².